The van der Waals surface area contributed by atoms with E-state index in [9.17, 15) is 39.5 Å². The number of nitrogens with zero attached hydrogens (tertiary/aromatic N) is 3. The van der Waals surface area contributed by atoms with Gasteiger partial charge in [-0.1, -0.05) is 47.9 Å². The van der Waals surface area contributed by atoms with Crippen LogP contribution in [0, 0.1) is 29.7 Å². The number of alkyl halides is 9. The molecule has 0 amide bonds. The van der Waals surface area contributed by atoms with Crippen molar-refractivity contribution in [1.82, 2.24) is 9.57 Å². The molecule has 0 heterocycles. The van der Waals surface area contributed by atoms with Gasteiger partial charge in [-0.2, -0.15) is 39.5 Å². The molecule has 1 aromatic carbocycles. The first-order chi connectivity index (χ1) is 35.4. The van der Waals surface area contributed by atoms with Crippen LogP contribution in [0.4, 0.5) is 39.5 Å². The lowest BCUT2D eigenvalue weighted by Gasteiger charge is -2.50. The highest BCUT2D eigenvalue weighted by molar-refractivity contribution is 8.76. The molecule has 1 N–H and O–H groups in total. The maximum absolute atomic E-state index is 13.2. The standard InChI is InChI=1S/C50H79F9N3O6PS2.CH4O/c1-36(2)62(37(3)4)69(67-30-23-60-7)68-35-38(5)14-9-10-24-61(8)25-11-32-70-71-33-31-63-26-12-27-64-40-16-18-41-39(34-40)15-17-43-42(41)21-22-46(6)44(43)19-20-45(46)65-28-13-29-66-47(48(51,52)53,49(54,55)56)50(57,58)59;1-2/h16,18,34,36-38,42-45H,9-15,17,19-33,35H2,1-6,8H3;2H,1H3/i5D;2T. The van der Waals surface area contributed by atoms with Crippen LogP contribution in [0.5, 0.6) is 5.75 Å². The van der Waals surface area contributed by atoms with Crippen molar-refractivity contribution in [3.05, 3.63) is 40.7 Å². The number of unbranched alkanes of at least 4 members (excludes halogenated alkanes) is 1. The molecule has 2 saturated carbocycles. The lowest BCUT2D eigenvalue weighted by Crippen LogP contribution is -2.67. The molecule has 7 atom stereocenters. The third-order valence-electron chi connectivity index (χ3n) is 14.1. The summed E-state index contributed by atoms with van der Waals surface area (Å²) in [6, 6.07) is 6.82. The lowest BCUT2D eigenvalue weighted by atomic mass is 9.55. The molecule has 0 radical (unpaired) electrons. The minimum absolute atomic E-state index is 0.159. The molecule has 10 nitrogen and oxygen atoms in total. The van der Waals surface area contributed by atoms with Crippen molar-refractivity contribution < 1.29 is 74.0 Å². The summed E-state index contributed by atoms with van der Waals surface area (Å²) in [5.41, 5.74) is -3.95. The summed E-state index contributed by atoms with van der Waals surface area (Å²) in [7, 11) is 5.89. The van der Waals surface area contributed by atoms with Gasteiger partial charge in [-0.3, -0.25) is 0 Å². The van der Waals surface area contributed by atoms with Crippen molar-refractivity contribution in [2.45, 2.75) is 167 Å². The number of ether oxygens (including phenoxy) is 4. The Morgan fingerprint density at radius 1 is 0.863 bits per heavy atom. The molecule has 0 aromatic heterocycles. The molecular weight excluding hydrogens is 1030 g/mol. The zero-order chi connectivity index (χ0) is 55.9. The Kier molecular flexibility index (Phi) is 27.4. The van der Waals surface area contributed by atoms with Crippen LogP contribution in [0.2, 0.25) is 0 Å². The Morgan fingerprint density at radius 2 is 1.53 bits per heavy atom. The third kappa shape index (κ3) is 19.2. The van der Waals surface area contributed by atoms with Gasteiger partial charge in [0.1, 0.15) is 12.4 Å². The van der Waals surface area contributed by atoms with Crippen LogP contribution in [-0.4, -0.2) is 150 Å². The molecule has 0 aliphatic heterocycles. The molecule has 4 rings (SSSR count). The quantitative estimate of drug-likeness (QED) is 0.0240. The predicted octanol–water partition coefficient (Wildman–Crippen LogP) is 14.0. The van der Waals surface area contributed by atoms with Crippen molar-refractivity contribution in [1.29, 1.82) is 1.43 Å². The van der Waals surface area contributed by atoms with E-state index in [1.54, 1.807) is 0 Å². The van der Waals surface area contributed by atoms with Crippen LogP contribution < -0.4 is 4.74 Å². The molecule has 0 spiro atoms. The van der Waals surface area contributed by atoms with Crippen LogP contribution in [0.25, 0.3) is 4.85 Å². The topological polar surface area (TPSA) is 86.5 Å². The van der Waals surface area contributed by atoms with Crippen LogP contribution in [0.3, 0.4) is 0 Å². The van der Waals surface area contributed by atoms with Crippen molar-refractivity contribution in [2.24, 2.45) is 23.2 Å². The fraction of sp³-hybridized carbons (Fsp3) is 0.863. The van der Waals surface area contributed by atoms with Gasteiger partial charge in [-0.05, 0) is 164 Å². The highest BCUT2D eigenvalue weighted by atomic mass is 33.1. The van der Waals surface area contributed by atoms with Gasteiger partial charge >= 0.3 is 24.1 Å². The van der Waals surface area contributed by atoms with Gasteiger partial charge < -0.3 is 42.8 Å². The predicted molar refractivity (Wildman–Crippen MR) is 274 cm³/mol. The summed E-state index contributed by atoms with van der Waals surface area (Å²) in [4.78, 5) is 5.79. The maximum Gasteiger partial charge on any atom is 0.435 e. The SMILES string of the molecule is [2H]CC(CCCCN(C)CCCSSCCOCCCOc1ccc2c(c1)CCC1C2CCC2(C)C(OCCCOC(C(F)(F)F)(C(F)(F)F)C(F)(F)F)CCC12)COP(OCC[N+]#[C-])N(C(C)C)C(C)C.[3H]OC. The molecular formula is C51H83F9N3O7PS2. The highest BCUT2D eigenvalue weighted by Crippen LogP contribution is 2.62. The van der Waals surface area contributed by atoms with E-state index in [0.29, 0.717) is 70.7 Å². The molecule has 22 heteroatoms. The van der Waals surface area contributed by atoms with Crippen molar-refractivity contribution in [3.8, 4) is 5.75 Å². The van der Waals surface area contributed by atoms with E-state index in [4.69, 9.17) is 32.6 Å². The number of halogens is 9. The number of rotatable bonds is 33. The average molecular weight is 1120 g/mol. The molecule has 3 aliphatic rings. The monoisotopic (exact) mass is 1120 g/mol. The van der Waals surface area contributed by atoms with Gasteiger partial charge in [-0.15, -0.1) is 0 Å². The zero-order valence-corrected chi connectivity index (χ0v) is 46.3. The highest BCUT2D eigenvalue weighted by Gasteiger charge is 2.85. The first-order valence-corrected chi connectivity index (χ1v) is 29.2. The number of aliphatic hydroxyl groups is 1. The van der Waals surface area contributed by atoms with Gasteiger partial charge in [0.05, 0.1) is 32.5 Å². The van der Waals surface area contributed by atoms with Crippen molar-refractivity contribution in [2.75, 3.05) is 91.5 Å². The summed E-state index contributed by atoms with van der Waals surface area (Å²) in [5, 5.41) is 3.50. The Labute approximate surface area is 441 Å². The van der Waals surface area contributed by atoms with Crippen LogP contribution in [0.15, 0.2) is 18.2 Å². The number of aliphatic hydroxyl groups excluding tert-OH is 1. The normalized spacial score (nSPS) is 22.6. The molecule has 2 fully saturated rings. The van der Waals surface area contributed by atoms with Crippen LogP contribution in [0.1, 0.15) is 131 Å². The number of hydrogen-bond acceptors (Lipinski definition) is 11. The molecule has 0 bridgehead atoms. The van der Waals surface area contributed by atoms with Gasteiger partial charge in [0.15, 0.2) is 0 Å². The van der Waals surface area contributed by atoms with E-state index in [0.717, 1.165) is 94.6 Å². The number of aryl methyl sites for hydroxylation is 1. The Bertz CT molecular complexity index is 1750. The summed E-state index contributed by atoms with van der Waals surface area (Å²) in [5.74, 6) is 3.99. The third-order valence-corrected chi connectivity index (χ3v) is 18.6. The molecule has 7 unspecified atom stereocenters. The van der Waals surface area contributed by atoms with E-state index in [-0.39, 0.29) is 36.1 Å². The summed E-state index contributed by atoms with van der Waals surface area (Å²) < 4.78 is 169. The van der Waals surface area contributed by atoms with E-state index in [1.165, 1.54) is 18.2 Å². The van der Waals surface area contributed by atoms with Crippen LogP contribution >= 0.6 is 30.1 Å². The number of hydrogen-bond donors (Lipinski definition) is 1. The lowest BCUT2D eigenvalue weighted by molar-refractivity contribution is -0.457. The van der Waals surface area contributed by atoms with Crippen molar-refractivity contribution in [3.63, 3.8) is 0 Å². The van der Waals surface area contributed by atoms with Gasteiger partial charge in [0, 0.05) is 51.7 Å². The summed E-state index contributed by atoms with van der Waals surface area (Å²) in [6.45, 7) is 21.3. The molecule has 1 aromatic rings. The number of benzene rings is 1. The second-order valence-electron chi connectivity index (χ2n) is 19.9. The fourth-order valence-electron chi connectivity index (χ4n) is 10.7. The zero-order valence-electron chi connectivity index (χ0n) is 45.8. The minimum Gasteiger partial charge on any atom is -0.493 e. The Hall–Kier alpha value is -1.31. The minimum atomic E-state index is -6.75. The molecule has 424 valence electrons. The molecule has 3 aliphatic carbocycles. The van der Waals surface area contributed by atoms with Gasteiger partial charge in [-0.25, -0.2) is 11.2 Å². The first-order valence-electron chi connectivity index (χ1n) is 26.7. The van der Waals surface area contributed by atoms with Gasteiger partial charge in [0.2, 0.25) is 7.98 Å². The number of fused-ring (bicyclic) bond motifs is 5. The molecule has 0 saturated heterocycles. The Morgan fingerprint density at radius 3 is 2.19 bits per heavy atom. The van der Waals surface area contributed by atoms with Gasteiger partial charge in [0.25, 0.3) is 8.53 Å². The van der Waals surface area contributed by atoms with Crippen LogP contribution in [-0.2, 0) is 29.7 Å². The largest absolute Gasteiger partial charge is 0.493 e. The Balaban J connectivity index is 0.00000482. The van der Waals surface area contributed by atoms with E-state index >= 15 is 0 Å². The van der Waals surface area contributed by atoms with Crippen molar-refractivity contribution >= 4 is 30.1 Å². The smallest absolute Gasteiger partial charge is 0.435 e. The fourth-order valence-corrected chi connectivity index (χ4v) is 14.3. The van der Waals surface area contributed by atoms with E-state index in [1.807, 2.05) is 27.7 Å². The average Bonchev–Trinajstić information content (AvgIpc) is 3.66. The molecule has 73 heavy (non-hydrogen) atoms. The van der Waals surface area contributed by atoms with E-state index in [2.05, 4.69) is 78.1 Å². The first kappa shape index (κ1) is 62.5. The summed E-state index contributed by atoms with van der Waals surface area (Å²) in [6.07, 6.45) is -11.1. The second kappa shape index (κ2) is 31.9. The van der Waals surface area contributed by atoms with E-state index < -0.39 is 45.7 Å². The second-order valence-corrected chi connectivity index (χ2v) is 24.1. The summed E-state index contributed by atoms with van der Waals surface area (Å²) >= 11 is 0. The maximum atomic E-state index is 13.2.